The predicted octanol–water partition coefficient (Wildman–Crippen LogP) is 2.37. The zero-order valence-corrected chi connectivity index (χ0v) is 13.8. The van der Waals surface area contributed by atoms with E-state index in [1.165, 1.54) is 0 Å². The number of nitrogens with zero attached hydrogens (tertiary/aromatic N) is 3. The Kier molecular flexibility index (Phi) is 4.48. The maximum absolute atomic E-state index is 6.00. The van der Waals surface area contributed by atoms with Crippen molar-refractivity contribution in [2.24, 2.45) is 8.76 Å². The van der Waals surface area contributed by atoms with Crippen molar-refractivity contribution in [1.82, 2.24) is 10.2 Å². The molecule has 5 nitrogen and oxygen atoms in total. The zero-order chi connectivity index (χ0) is 14.2. The number of rotatable bonds is 1. The lowest BCUT2D eigenvalue weighted by Crippen LogP contribution is -2.44. The molecule has 1 unspecified atom stereocenters. The predicted molar refractivity (Wildman–Crippen MR) is 84.2 cm³/mol. The largest absolute Gasteiger partial charge is 0.488 e. The minimum Gasteiger partial charge on any atom is -0.488 e. The van der Waals surface area contributed by atoms with Crippen molar-refractivity contribution in [3.05, 3.63) is 11.6 Å². The summed E-state index contributed by atoms with van der Waals surface area (Å²) in [7, 11) is -1.00. The molecule has 1 N–H and O–H groups in total. The van der Waals surface area contributed by atoms with Crippen LogP contribution in [0.2, 0.25) is 0 Å². The fourth-order valence-electron chi connectivity index (χ4n) is 2.32. The highest BCUT2D eigenvalue weighted by Gasteiger charge is 2.34. The van der Waals surface area contributed by atoms with Crippen LogP contribution in [0.15, 0.2) is 20.3 Å². The molecule has 0 bridgehead atoms. The van der Waals surface area contributed by atoms with E-state index < -0.39 is 14.0 Å². The van der Waals surface area contributed by atoms with E-state index in [1.54, 1.807) is 0 Å². The standard InChI is InChI=1S/C11H15Cl3N4OS/c12-11(13,14)20-16-8-2-1-7-19-9(8)10(17-20)18-5-3-15-4-6-18/h15H,1-7H2. The third kappa shape index (κ3) is 3.09. The number of fused-ring (bicyclic) bond motifs is 1. The number of nitrogens with one attached hydrogen (secondary N) is 1. The minimum absolute atomic E-state index is 0.695. The van der Waals surface area contributed by atoms with E-state index in [-0.39, 0.29) is 0 Å². The van der Waals surface area contributed by atoms with Gasteiger partial charge in [0.1, 0.15) is 0 Å². The van der Waals surface area contributed by atoms with Gasteiger partial charge in [-0.15, -0.1) is 0 Å². The number of ether oxygens (including phenoxy) is 1. The Balaban J connectivity index is 2.00. The summed E-state index contributed by atoms with van der Waals surface area (Å²) in [5.41, 5.74) is 0.884. The quantitative estimate of drug-likeness (QED) is 0.733. The molecule has 3 aliphatic heterocycles. The first-order valence-electron chi connectivity index (χ1n) is 6.49. The Hall–Kier alpha value is -0.0100. The first-order valence-corrected chi connectivity index (χ1v) is 8.77. The summed E-state index contributed by atoms with van der Waals surface area (Å²) in [5.74, 6) is 1.57. The van der Waals surface area contributed by atoms with Gasteiger partial charge >= 0.3 is 0 Å². The van der Waals surface area contributed by atoms with Gasteiger partial charge in [-0.25, -0.2) is 4.40 Å². The van der Waals surface area contributed by atoms with Crippen LogP contribution in [0.3, 0.4) is 0 Å². The number of allylic oxidation sites excluding steroid dienone is 1. The monoisotopic (exact) mass is 356 g/mol. The average Bonchev–Trinajstić information content (AvgIpc) is 2.46. The molecule has 0 spiro atoms. The average molecular weight is 358 g/mol. The molecule has 3 aliphatic rings. The molecule has 9 heteroatoms. The Morgan fingerprint density at radius 3 is 2.70 bits per heavy atom. The molecule has 3 heterocycles. The van der Waals surface area contributed by atoms with Crippen molar-refractivity contribution in [1.29, 1.82) is 0 Å². The van der Waals surface area contributed by atoms with Crippen LogP contribution < -0.4 is 5.32 Å². The lowest BCUT2D eigenvalue weighted by atomic mass is 10.1. The molecule has 2 saturated heterocycles. The van der Waals surface area contributed by atoms with Crippen molar-refractivity contribution in [3.63, 3.8) is 0 Å². The van der Waals surface area contributed by atoms with Crippen LogP contribution in [-0.2, 0) is 15.6 Å². The molecule has 0 aromatic carbocycles. The highest BCUT2D eigenvalue weighted by atomic mass is 35.6. The second kappa shape index (κ2) is 6.01. The van der Waals surface area contributed by atoms with Crippen molar-refractivity contribution in [3.8, 4) is 0 Å². The lowest BCUT2D eigenvalue weighted by Gasteiger charge is -2.34. The molecule has 0 radical (unpaired) electrons. The molecule has 3 rings (SSSR count). The number of halogens is 3. The van der Waals surface area contributed by atoms with Gasteiger partial charge in [-0.05, 0) is 12.8 Å². The van der Waals surface area contributed by atoms with Gasteiger partial charge in [0, 0.05) is 26.2 Å². The zero-order valence-electron chi connectivity index (χ0n) is 10.7. The molecular weight excluding hydrogens is 343 g/mol. The van der Waals surface area contributed by atoms with Crippen molar-refractivity contribution in [2.45, 2.75) is 16.0 Å². The van der Waals surface area contributed by atoms with Crippen LogP contribution in [0.1, 0.15) is 12.8 Å². The van der Waals surface area contributed by atoms with Crippen LogP contribution in [0.5, 0.6) is 0 Å². The summed E-state index contributed by atoms with van der Waals surface area (Å²) in [6, 6.07) is 0. The van der Waals surface area contributed by atoms with Gasteiger partial charge in [-0.1, -0.05) is 34.8 Å². The maximum Gasteiger partial charge on any atom is 0.267 e. The molecule has 2 fully saturated rings. The van der Waals surface area contributed by atoms with Crippen molar-refractivity contribution < 1.29 is 4.74 Å². The molecule has 0 saturated carbocycles. The van der Waals surface area contributed by atoms with Gasteiger partial charge in [0.2, 0.25) is 0 Å². The van der Waals surface area contributed by atoms with Crippen LogP contribution in [0.4, 0.5) is 0 Å². The SMILES string of the molecule is ClC(Cl)(Cl)S1=NC(N2CCNCC2)=C2OCCCC2=N1. The third-order valence-corrected chi connectivity index (χ3v) is 5.66. The van der Waals surface area contributed by atoms with Gasteiger partial charge in [-0.2, -0.15) is 4.36 Å². The van der Waals surface area contributed by atoms with E-state index >= 15 is 0 Å². The second-order valence-corrected chi connectivity index (χ2v) is 9.14. The molecule has 1 atom stereocenters. The summed E-state index contributed by atoms with van der Waals surface area (Å²) >= 11 is 18.0. The highest BCUT2D eigenvalue weighted by molar-refractivity contribution is 7.92. The Labute approximate surface area is 135 Å². The summed E-state index contributed by atoms with van der Waals surface area (Å²) in [6.45, 7) is 4.27. The fourth-order valence-corrected chi connectivity index (χ4v) is 3.94. The van der Waals surface area contributed by atoms with E-state index in [9.17, 15) is 0 Å². The summed E-state index contributed by atoms with van der Waals surface area (Å²) < 4.78 is 13.3. The van der Waals surface area contributed by atoms with Crippen molar-refractivity contribution >= 4 is 51.4 Å². The topological polar surface area (TPSA) is 49.2 Å². The van der Waals surface area contributed by atoms with Gasteiger partial charge < -0.3 is 15.0 Å². The van der Waals surface area contributed by atoms with Gasteiger partial charge in [-0.3, -0.25) is 0 Å². The van der Waals surface area contributed by atoms with Crippen LogP contribution in [0.25, 0.3) is 0 Å². The molecular formula is C11H15Cl3N4OS. The number of piperazine rings is 1. The normalized spacial score (nSPS) is 27.4. The van der Waals surface area contributed by atoms with Crippen LogP contribution >= 0.6 is 34.8 Å². The summed E-state index contributed by atoms with van der Waals surface area (Å²) in [6.07, 6.45) is 1.79. The molecule has 0 aromatic heterocycles. The Morgan fingerprint density at radius 2 is 2.00 bits per heavy atom. The van der Waals surface area contributed by atoms with Gasteiger partial charge in [0.05, 0.1) is 23.2 Å². The smallest absolute Gasteiger partial charge is 0.267 e. The number of hydrogen-bond acceptors (Lipinski definition) is 5. The van der Waals surface area contributed by atoms with Gasteiger partial charge in [0.25, 0.3) is 3.12 Å². The molecule has 0 aliphatic carbocycles. The minimum atomic E-state index is -1.50. The van der Waals surface area contributed by atoms with E-state index in [1.807, 2.05) is 0 Å². The lowest BCUT2D eigenvalue weighted by molar-refractivity contribution is 0.192. The van der Waals surface area contributed by atoms with E-state index in [2.05, 4.69) is 19.0 Å². The van der Waals surface area contributed by atoms with E-state index in [0.717, 1.165) is 56.3 Å². The second-order valence-electron chi connectivity index (χ2n) is 4.68. The molecule has 20 heavy (non-hydrogen) atoms. The molecule has 0 amide bonds. The first-order chi connectivity index (χ1) is 9.55. The van der Waals surface area contributed by atoms with E-state index in [4.69, 9.17) is 39.5 Å². The Morgan fingerprint density at radius 1 is 1.25 bits per heavy atom. The first kappa shape index (κ1) is 14.9. The van der Waals surface area contributed by atoms with Crippen LogP contribution in [0, 0.1) is 0 Å². The number of hydrogen-bond donors (Lipinski definition) is 1. The molecule has 0 aromatic rings. The summed E-state index contributed by atoms with van der Waals surface area (Å²) in [4.78, 5) is 2.18. The highest BCUT2D eigenvalue weighted by Crippen LogP contribution is 2.37. The molecule has 112 valence electrons. The fraction of sp³-hybridized carbons (Fsp3) is 0.727. The maximum atomic E-state index is 6.00. The van der Waals surface area contributed by atoms with Crippen molar-refractivity contribution in [2.75, 3.05) is 32.8 Å². The third-order valence-electron chi connectivity index (χ3n) is 3.26. The van der Waals surface area contributed by atoms with Gasteiger partial charge in [0.15, 0.2) is 11.6 Å². The van der Waals surface area contributed by atoms with Crippen LogP contribution in [-0.4, -0.2) is 46.5 Å². The van der Waals surface area contributed by atoms with E-state index in [0.29, 0.717) is 6.61 Å². The Bertz CT molecular complexity index is 494. The summed E-state index contributed by atoms with van der Waals surface area (Å²) in [5, 5.41) is 3.31. The number of alkyl halides is 3.